The van der Waals surface area contributed by atoms with Gasteiger partial charge >= 0.3 is 0 Å². The van der Waals surface area contributed by atoms with E-state index in [1.807, 2.05) is 0 Å². The van der Waals surface area contributed by atoms with Gasteiger partial charge in [-0.05, 0) is 52.7 Å². The van der Waals surface area contributed by atoms with Gasteiger partial charge in [-0.2, -0.15) is 0 Å². The maximum absolute atomic E-state index is 13.4. The SMILES string of the molecule is CCOc1cccnc1S(=O)(=O)NCc1ccc(Br)c(F)c1. The third kappa shape index (κ3) is 4.02. The molecule has 0 atom stereocenters. The largest absolute Gasteiger partial charge is 0.491 e. The second kappa shape index (κ2) is 7.17. The first kappa shape index (κ1) is 16.9. The normalized spacial score (nSPS) is 11.4. The first-order valence-corrected chi connectivity index (χ1v) is 8.73. The predicted molar refractivity (Wildman–Crippen MR) is 83.5 cm³/mol. The van der Waals surface area contributed by atoms with Crippen LogP contribution in [0.25, 0.3) is 0 Å². The zero-order valence-corrected chi connectivity index (χ0v) is 14.1. The first-order valence-electron chi connectivity index (χ1n) is 6.45. The van der Waals surface area contributed by atoms with Crippen LogP contribution in [0.4, 0.5) is 4.39 Å². The van der Waals surface area contributed by atoms with Crippen molar-refractivity contribution in [1.29, 1.82) is 0 Å². The highest BCUT2D eigenvalue weighted by Gasteiger charge is 2.21. The monoisotopic (exact) mass is 388 g/mol. The van der Waals surface area contributed by atoms with Crippen molar-refractivity contribution >= 4 is 26.0 Å². The van der Waals surface area contributed by atoms with E-state index in [0.29, 0.717) is 16.6 Å². The highest BCUT2D eigenvalue weighted by molar-refractivity contribution is 9.10. The van der Waals surface area contributed by atoms with Gasteiger partial charge in [0.15, 0.2) is 5.75 Å². The van der Waals surface area contributed by atoms with Crippen molar-refractivity contribution in [3.63, 3.8) is 0 Å². The Morgan fingerprint density at radius 3 is 2.82 bits per heavy atom. The number of nitrogens with zero attached hydrogens (tertiary/aromatic N) is 1. The van der Waals surface area contributed by atoms with Crippen molar-refractivity contribution < 1.29 is 17.5 Å². The number of halogens is 2. The summed E-state index contributed by atoms with van der Waals surface area (Å²) in [6.45, 7) is 2.03. The Kier molecular flexibility index (Phi) is 5.49. The van der Waals surface area contributed by atoms with E-state index in [4.69, 9.17) is 4.74 Å². The molecule has 0 unspecified atom stereocenters. The Morgan fingerprint density at radius 1 is 1.36 bits per heavy atom. The lowest BCUT2D eigenvalue weighted by molar-refractivity contribution is 0.328. The average Bonchev–Trinajstić information content (AvgIpc) is 2.49. The van der Waals surface area contributed by atoms with Crippen LogP contribution in [-0.4, -0.2) is 20.0 Å². The molecule has 0 spiro atoms. The molecule has 1 aromatic heterocycles. The molecule has 1 N–H and O–H groups in total. The number of hydrogen-bond donors (Lipinski definition) is 1. The molecule has 0 aliphatic heterocycles. The summed E-state index contributed by atoms with van der Waals surface area (Å²) < 4.78 is 46.0. The van der Waals surface area contributed by atoms with Gasteiger partial charge in [0.1, 0.15) is 5.82 Å². The van der Waals surface area contributed by atoms with Gasteiger partial charge in [-0.15, -0.1) is 0 Å². The summed E-state index contributed by atoms with van der Waals surface area (Å²) in [4.78, 5) is 3.86. The van der Waals surface area contributed by atoms with E-state index in [0.717, 1.165) is 0 Å². The minimum Gasteiger partial charge on any atom is -0.491 e. The molecular weight excluding hydrogens is 375 g/mol. The van der Waals surface area contributed by atoms with Crippen molar-refractivity contribution in [2.75, 3.05) is 6.61 Å². The smallest absolute Gasteiger partial charge is 0.262 e. The summed E-state index contributed by atoms with van der Waals surface area (Å²) in [5.74, 6) is -0.274. The Bertz CT molecular complexity index is 768. The summed E-state index contributed by atoms with van der Waals surface area (Å²) in [5.41, 5.74) is 0.498. The van der Waals surface area contributed by atoms with Crippen LogP contribution in [0.3, 0.4) is 0 Å². The summed E-state index contributed by atoms with van der Waals surface area (Å²) in [6.07, 6.45) is 1.37. The van der Waals surface area contributed by atoms with Gasteiger partial charge in [-0.25, -0.2) is 22.5 Å². The molecule has 0 bridgehead atoms. The van der Waals surface area contributed by atoms with Gasteiger partial charge in [-0.1, -0.05) is 6.07 Å². The Hall–Kier alpha value is -1.51. The second-order valence-corrected chi connectivity index (χ2v) is 6.85. The van der Waals surface area contributed by atoms with E-state index in [-0.39, 0.29) is 17.3 Å². The average molecular weight is 389 g/mol. The topological polar surface area (TPSA) is 68.3 Å². The fourth-order valence-electron chi connectivity index (χ4n) is 1.74. The Morgan fingerprint density at radius 2 is 2.14 bits per heavy atom. The van der Waals surface area contributed by atoms with Gasteiger partial charge in [0.25, 0.3) is 10.0 Å². The molecule has 118 valence electrons. The number of ether oxygens (including phenoxy) is 1. The Labute approximate surface area is 136 Å². The van der Waals surface area contributed by atoms with Gasteiger partial charge in [-0.3, -0.25) is 0 Å². The fourth-order valence-corrected chi connectivity index (χ4v) is 3.07. The van der Waals surface area contributed by atoms with Crippen LogP contribution >= 0.6 is 15.9 Å². The maximum atomic E-state index is 13.4. The Balaban J connectivity index is 2.19. The molecule has 8 heteroatoms. The molecule has 0 aliphatic rings. The van der Waals surface area contributed by atoms with E-state index in [9.17, 15) is 12.8 Å². The third-order valence-electron chi connectivity index (χ3n) is 2.74. The highest BCUT2D eigenvalue weighted by Crippen LogP contribution is 2.21. The van der Waals surface area contributed by atoms with Crippen molar-refractivity contribution in [3.05, 3.63) is 52.4 Å². The number of benzene rings is 1. The van der Waals surface area contributed by atoms with Gasteiger partial charge < -0.3 is 4.74 Å². The van der Waals surface area contributed by atoms with Crippen molar-refractivity contribution in [2.24, 2.45) is 0 Å². The molecule has 2 rings (SSSR count). The minimum absolute atomic E-state index is 0.0470. The van der Waals surface area contributed by atoms with Crippen molar-refractivity contribution in [1.82, 2.24) is 9.71 Å². The van der Waals surface area contributed by atoms with E-state index < -0.39 is 15.8 Å². The molecule has 0 amide bonds. The second-order valence-electron chi connectivity index (χ2n) is 4.31. The third-order valence-corrected chi connectivity index (χ3v) is 4.72. The van der Waals surface area contributed by atoms with Crippen LogP contribution in [-0.2, 0) is 16.6 Å². The van der Waals surface area contributed by atoms with Gasteiger partial charge in [0.2, 0.25) is 5.03 Å². The molecule has 1 heterocycles. The first-order chi connectivity index (χ1) is 10.4. The van der Waals surface area contributed by atoms with Gasteiger partial charge in [0, 0.05) is 12.7 Å². The van der Waals surface area contributed by atoms with E-state index in [2.05, 4.69) is 25.6 Å². The fraction of sp³-hybridized carbons (Fsp3) is 0.214. The van der Waals surface area contributed by atoms with E-state index >= 15 is 0 Å². The lowest BCUT2D eigenvalue weighted by atomic mass is 10.2. The van der Waals surface area contributed by atoms with E-state index in [1.54, 1.807) is 19.1 Å². The summed E-state index contributed by atoms with van der Waals surface area (Å²) in [7, 11) is -3.85. The maximum Gasteiger partial charge on any atom is 0.262 e. The summed E-state index contributed by atoms with van der Waals surface area (Å²) in [6, 6.07) is 7.52. The lowest BCUT2D eigenvalue weighted by Gasteiger charge is -2.10. The molecule has 0 radical (unpaired) electrons. The molecule has 1 aromatic carbocycles. The lowest BCUT2D eigenvalue weighted by Crippen LogP contribution is -2.25. The summed E-state index contributed by atoms with van der Waals surface area (Å²) in [5, 5.41) is -0.186. The number of pyridine rings is 1. The zero-order valence-electron chi connectivity index (χ0n) is 11.7. The van der Waals surface area contributed by atoms with Crippen molar-refractivity contribution in [2.45, 2.75) is 18.5 Å². The minimum atomic E-state index is -3.85. The van der Waals surface area contributed by atoms with Crippen LogP contribution in [0.15, 0.2) is 46.0 Å². The van der Waals surface area contributed by atoms with Crippen LogP contribution in [0.2, 0.25) is 0 Å². The van der Waals surface area contributed by atoms with Gasteiger partial charge in [0.05, 0.1) is 11.1 Å². The molecule has 0 aliphatic carbocycles. The molecule has 0 fully saturated rings. The number of rotatable bonds is 6. The molecule has 0 saturated carbocycles. The molecule has 5 nitrogen and oxygen atoms in total. The molecule has 2 aromatic rings. The predicted octanol–water partition coefficient (Wildman–Crippen LogP) is 2.86. The van der Waals surface area contributed by atoms with Crippen LogP contribution in [0, 0.1) is 5.82 Å². The zero-order chi connectivity index (χ0) is 16.2. The quantitative estimate of drug-likeness (QED) is 0.825. The molecular formula is C14H14BrFN2O3S. The number of aromatic nitrogens is 1. The number of nitrogens with one attached hydrogen (secondary N) is 1. The van der Waals surface area contributed by atoms with E-state index in [1.165, 1.54) is 24.4 Å². The van der Waals surface area contributed by atoms with Crippen LogP contribution in [0.5, 0.6) is 5.75 Å². The highest BCUT2D eigenvalue weighted by atomic mass is 79.9. The summed E-state index contributed by atoms with van der Waals surface area (Å²) >= 11 is 3.04. The van der Waals surface area contributed by atoms with Crippen LogP contribution in [0.1, 0.15) is 12.5 Å². The number of hydrogen-bond acceptors (Lipinski definition) is 4. The standard InChI is InChI=1S/C14H14BrFN2O3S/c1-2-21-13-4-3-7-17-14(13)22(19,20)18-9-10-5-6-11(15)12(16)8-10/h3-8,18H,2,9H2,1H3. The number of sulfonamides is 1. The van der Waals surface area contributed by atoms with Crippen LogP contribution < -0.4 is 9.46 Å². The van der Waals surface area contributed by atoms with Crippen molar-refractivity contribution in [3.8, 4) is 5.75 Å². The molecule has 0 saturated heterocycles. The molecule has 22 heavy (non-hydrogen) atoms.